The Balaban J connectivity index is 2.31. The predicted molar refractivity (Wildman–Crippen MR) is 69.7 cm³/mol. The van der Waals surface area contributed by atoms with Crippen LogP contribution >= 0.6 is 0 Å². The minimum absolute atomic E-state index is 0.742. The van der Waals surface area contributed by atoms with Gasteiger partial charge in [0.25, 0.3) is 0 Å². The van der Waals surface area contributed by atoms with Crippen LogP contribution in [0.4, 0.5) is 0 Å². The molecule has 17 heavy (non-hydrogen) atoms. The molecule has 0 bridgehead atoms. The molecule has 0 fully saturated rings. The quantitative estimate of drug-likeness (QED) is 0.666. The molecule has 0 saturated carbocycles. The van der Waals surface area contributed by atoms with Crippen LogP contribution in [0, 0.1) is 0 Å². The lowest BCUT2D eigenvalue weighted by molar-refractivity contribution is -0.652. The average molecular weight is 238 g/mol. The SMILES string of the molecule is CCCCOc1cccc(OCC[NH2+]CC)c1. The summed E-state index contributed by atoms with van der Waals surface area (Å²) in [4.78, 5) is 0. The molecule has 0 saturated heterocycles. The molecule has 0 aliphatic heterocycles. The molecule has 0 radical (unpaired) electrons. The number of likely N-dealkylation sites (N-methyl/N-ethyl adjacent to an activating group) is 1. The molecule has 3 nitrogen and oxygen atoms in total. The Morgan fingerprint density at radius 3 is 2.41 bits per heavy atom. The van der Waals surface area contributed by atoms with Crippen molar-refractivity contribution in [2.75, 3.05) is 26.3 Å². The minimum atomic E-state index is 0.742. The summed E-state index contributed by atoms with van der Waals surface area (Å²) in [7, 11) is 0. The van der Waals surface area contributed by atoms with E-state index in [-0.39, 0.29) is 0 Å². The maximum atomic E-state index is 5.64. The van der Waals surface area contributed by atoms with Crippen molar-refractivity contribution in [3.05, 3.63) is 24.3 Å². The maximum Gasteiger partial charge on any atom is 0.137 e. The Hall–Kier alpha value is -1.22. The third-order valence-corrected chi connectivity index (χ3v) is 2.45. The van der Waals surface area contributed by atoms with E-state index in [0.717, 1.165) is 50.6 Å². The summed E-state index contributed by atoms with van der Waals surface area (Å²) >= 11 is 0. The van der Waals surface area contributed by atoms with Crippen molar-refractivity contribution in [2.45, 2.75) is 26.7 Å². The van der Waals surface area contributed by atoms with Crippen LogP contribution < -0.4 is 14.8 Å². The van der Waals surface area contributed by atoms with Gasteiger partial charge in [-0.2, -0.15) is 0 Å². The van der Waals surface area contributed by atoms with Crippen molar-refractivity contribution in [3.63, 3.8) is 0 Å². The smallest absolute Gasteiger partial charge is 0.137 e. The van der Waals surface area contributed by atoms with E-state index in [1.807, 2.05) is 24.3 Å². The highest BCUT2D eigenvalue weighted by Gasteiger charge is 1.98. The second kappa shape index (κ2) is 8.88. The van der Waals surface area contributed by atoms with E-state index < -0.39 is 0 Å². The monoisotopic (exact) mass is 238 g/mol. The predicted octanol–water partition coefficient (Wildman–Crippen LogP) is 1.83. The molecule has 1 rings (SSSR count). The van der Waals surface area contributed by atoms with Crippen LogP contribution in [-0.2, 0) is 0 Å². The summed E-state index contributed by atoms with van der Waals surface area (Å²) in [5.74, 6) is 1.79. The number of hydrogen-bond acceptors (Lipinski definition) is 2. The van der Waals surface area contributed by atoms with Crippen LogP contribution in [0.1, 0.15) is 26.7 Å². The Labute approximate surface area is 104 Å². The molecular formula is C14H24NO2+. The fourth-order valence-electron chi connectivity index (χ4n) is 1.45. The fourth-order valence-corrected chi connectivity index (χ4v) is 1.45. The molecule has 3 heteroatoms. The number of hydrogen-bond donors (Lipinski definition) is 1. The molecule has 0 atom stereocenters. The van der Waals surface area contributed by atoms with Gasteiger partial charge in [-0.05, 0) is 25.5 Å². The van der Waals surface area contributed by atoms with Gasteiger partial charge in [0.15, 0.2) is 0 Å². The highest BCUT2D eigenvalue weighted by atomic mass is 16.5. The summed E-state index contributed by atoms with van der Waals surface area (Å²) in [5.41, 5.74) is 0. The van der Waals surface area contributed by atoms with Crippen molar-refractivity contribution < 1.29 is 14.8 Å². The lowest BCUT2D eigenvalue weighted by Crippen LogP contribution is -2.84. The van der Waals surface area contributed by atoms with Crippen molar-refractivity contribution in [1.29, 1.82) is 0 Å². The molecule has 1 aromatic carbocycles. The first-order valence-electron chi connectivity index (χ1n) is 6.54. The number of unbranched alkanes of at least 4 members (excludes halogenated alkanes) is 1. The third kappa shape index (κ3) is 6.17. The zero-order valence-electron chi connectivity index (χ0n) is 10.9. The Morgan fingerprint density at radius 2 is 1.76 bits per heavy atom. The molecule has 0 amide bonds. The van der Waals surface area contributed by atoms with Crippen molar-refractivity contribution >= 4 is 0 Å². The molecule has 1 aromatic rings. The molecule has 0 heterocycles. The standard InChI is InChI=1S/C14H23NO2/c1-3-5-10-16-13-7-6-8-14(12-13)17-11-9-15-4-2/h6-8,12,15H,3-5,9-11H2,1-2H3/p+1. The molecule has 0 aromatic heterocycles. The van der Waals surface area contributed by atoms with E-state index in [9.17, 15) is 0 Å². The van der Waals surface area contributed by atoms with E-state index in [4.69, 9.17) is 9.47 Å². The number of ether oxygens (including phenoxy) is 2. The summed E-state index contributed by atoms with van der Waals surface area (Å²) in [5, 5.41) is 2.22. The van der Waals surface area contributed by atoms with Gasteiger partial charge in [0.1, 0.15) is 24.7 Å². The van der Waals surface area contributed by atoms with Gasteiger partial charge >= 0.3 is 0 Å². The van der Waals surface area contributed by atoms with E-state index in [0.29, 0.717) is 0 Å². The number of nitrogens with two attached hydrogens (primary N) is 1. The average Bonchev–Trinajstić information content (AvgIpc) is 2.36. The largest absolute Gasteiger partial charge is 0.493 e. The van der Waals surface area contributed by atoms with Gasteiger partial charge in [0.2, 0.25) is 0 Å². The fraction of sp³-hybridized carbons (Fsp3) is 0.571. The van der Waals surface area contributed by atoms with Gasteiger partial charge in [-0.25, -0.2) is 0 Å². The molecule has 0 aliphatic carbocycles. The van der Waals surface area contributed by atoms with Crippen LogP contribution in [0.5, 0.6) is 11.5 Å². The van der Waals surface area contributed by atoms with E-state index in [1.165, 1.54) is 0 Å². The number of quaternary nitrogens is 1. The molecule has 2 N–H and O–H groups in total. The Kier molecular flexibility index (Phi) is 7.23. The normalized spacial score (nSPS) is 10.2. The van der Waals surface area contributed by atoms with Gasteiger partial charge in [-0.15, -0.1) is 0 Å². The lowest BCUT2D eigenvalue weighted by Gasteiger charge is -2.08. The topological polar surface area (TPSA) is 35.1 Å². The van der Waals surface area contributed by atoms with E-state index in [1.54, 1.807) is 0 Å². The van der Waals surface area contributed by atoms with E-state index >= 15 is 0 Å². The number of benzene rings is 1. The Bertz CT molecular complexity index is 302. The first kappa shape index (κ1) is 13.8. The van der Waals surface area contributed by atoms with Gasteiger partial charge in [-0.1, -0.05) is 19.4 Å². The molecule has 0 aliphatic rings. The van der Waals surface area contributed by atoms with Crippen molar-refractivity contribution in [3.8, 4) is 11.5 Å². The summed E-state index contributed by atoms with van der Waals surface area (Å²) in [6, 6.07) is 7.88. The Morgan fingerprint density at radius 1 is 1.06 bits per heavy atom. The highest BCUT2D eigenvalue weighted by molar-refractivity contribution is 5.32. The first-order valence-corrected chi connectivity index (χ1v) is 6.54. The summed E-state index contributed by atoms with van der Waals surface area (Å²) in [6.07, 6.45) is 2.25. The van der Waals surface area contributed by atoms with Crippen LogP contribution in [0.25, 0.3) is 0 Å². The highest BCUT2D eigenvalue weighted by Crippen LogP contribution is 2.19. The lowest BCUT2D eigenvalue weighted by atomic mass is 10.3. The number of rotatable bonds is 9. The molecule has 0 unspecified atom stereocenters. The van der Waals surface area contributed by atoms with Crippen molar-refractivity contribution in [1.82, 2.24) is 0 Å². The third-order valence-electron chi connectivity index (χ3n) is 2.45. The van der Waals surface area contributed by atoms with Gasteiger partial charge < -0.3 is 14.8 Å². The zero-order chi connectivity index (χ0) is 12.3. The van der Waals surface area contributed by atoms with Crippen LogP contribution in [0.2, 0.25) is 0 Å². The van der Waals surface area contributed by atoms with E-state index in [2.05, 4.69) is 19.2 Å². The minimum Gasteiger partial charge on any atom is -0.493 e. The summed E-state index contributed by atoms with van der Waals surface area (Å²) < 4.78 is 11.3. The first-order chi connectivity index (χ1) is 8.36. The van der Waals surface area contributed by atoms with Crippen LogP contribution in [0.3, 0.4) is 0 Å². The maximum absolute atomic E-state index is 5.64. The second-order valence-electron chi connectivity index (χ2n) is 4.01. The molecular weight excluding hydrogens is 214 g/mol. The summed E-state index contributed by atoms with van der Waals surface area (Å²) in [6.45, 7) is 7.92. The van der Waals surface area contributed by atoms with Gasteiger partial charge in [0, 0.05) is 6.07 Å². The van der Waals surface area contributed by atoms with Gasteiger partial charge in [0.05, 0.1) is 13.2 Å². The second-order valence-corrected chi connectivity index (χ2v) is 4.01. The zero-order valence-corrected chi connectivity index (χ0v) is 10.9. The van der Waals surface area contributed by atoms with Crippen molar-refractivity contribution in [2.24, 2.45) is 0 Å². The van der Waals surface area contributed by atoms with Gasteiger partial charge in [-0.3, -0.25) is 0 Å². The molecule has 0 spiro atoms. The molecule has 96 valence electrons. The van der Waals surface area contributed by atoms with Crippen LogP contribution in [0.15, 0.2) is 24.3 Å². The van der Waals surface area contributed by atoms with Crippen LogP contribution in [-0.4, -0.2) is 26.3 Å².